The van der Waals surface area contributed by atoms with Crippen LogP contribution in [-0.4, -0.2) is 58.6 Å². The third-order valence-electron chi connectivity index (χ3n) is 4.67. The zero-order chi connectivity index (χ0) is 17.7. The molecule has 2 heterocycles. The summed E-state index contributed by atoms with van der Waals surface area (Å²) in [5.74, 6) is 7.60. The highest BCUT2D eigenvalue weighted by atomic mass is 15.5. The minimum Gasteiger partial charge on any atom is -0.332 e. The molecule has 1 aliphatic rings. The van der Waals surface area contributed by atoms with E-state index < -0.39 is 0 Å². The molecule has 0 spiro atoms. The molecule has 1 aromatic rings. The molecule has 2 N–H and O–H groups in total. The van der Waals surface area contributed by atoms with Gasteiger partial charge in [0.15, 0.2) is 0 Å². The van der Waals surface area contributed by atoms with Crippen LogP contribution >= 0.6 is 0 Å². The van der Waals surface area contributed by atoms with Crippen molar-refractivity contribution in [1.82, 2.24) is 19.9 Å². The number of hydrogen-bond donors (Lipinski definition) is 1. The van der Waals surface area contributed by atoms with Crippen LogP contribution in [0, 0.1) is 5.92 Å². The molecule has 24 heavy (non-hydrogen) atoms. The van der Waals surface area contributed by atoms with Gasteiger partial charge >= 0.3 is 0 Å². The van der Waals surface area contributed by atoms with E-state index in [1.807, 2.05) is 17.4 Å². The van der Waals surface area contributed by atoms with Crippen LogP contribution in [0.5, 0.6) is 0 Å². The van der Waals surface area contributed by atoms with Crippen molar-refractivity contribution in [2.75, 3.05) is 31.6 Å². The first-order valence-corrected chi connectivity index (χ1v) is 9.21. The first kappa shape index (κ1) is 19.1. The average Bonchev–Trinajstić information content (AvgIpc) is 2.54. The number of anilines is 1. The van der Waals surface area contributed by atoms with E-state index in [0.717, 1.165) is 45.0 Å². The largest absolute Gasteiger partial charge is 0.332 e. The lowest BCUT2D eigenvalue weighted by molar-refractivity contribution is 0.185. The Morgan fingerprint density at radius 2 is 1.71 bits per heavy atom. The molecular formula is C18H34N6. The molecule has 2 atom stereocenters. The maximum atomic E-state index is 6.09. The lowest BCUT2D eigenvalue weighted by Crippen LogP contribution is -2.61. The van der Waals surface area contributed by atoms with Crippen LogP contribution < -0.4 is 10.7 Å². The summed E-state index contributed by atoms with van der Waals surface area (Å²) >= 11 is 0. The van der Waals surface area contributed by atoms with Gasteiger partial charge in [0, 0.05) is 56.2 Å². The molecule has 0 saturated carbocycles. The Labute approximate surface area is 147 Å². The summed E-state index contributed by atoms with van der Waals surface area (Å²) in [6.07, 6.45) is 6.06. The predicted molar refractivity (Wildman–Crippen MR) is 99.6 cm³/mol. The van der Waals surface area contributed by atoms with E-state index in [1.54, 1.807) is 0 Å². The van der Waals surface area contributed by atoms with Gasteiger partial charge in [0.25, 0.3) is 0 Å². The second-order valence-electron chi connectivity index (χ2n) is 7.47. The second-order valence-corrected chi connectivity index (χ2v) is 7.47. The van der Waals surface area contributed by atoms with Crippen LogP contribution in [0.15, 0.2) is 12.4 Å². The topological polar surface area (TPSA) is 61.5 Å². The minimum atomic E-state index is 0.378. The summed E-state index contributed by atoms with van der Waals surface area (Å²) in [6, 6.07) is 0.756. The van der Waals surface area contributed by atoms with Crippen molar-refractivity contribution in [2.45, 2.75) is 59.2 Å². The minimum absolute atomic E-state index is 0.378. The van der Waals surface area contributed by atoms with Crippen molar-refractivity contribution in [3.8, 4) is 0 Å². The van der Waals surface area contributed by atoms with Crippen molar-refractivity contribution < 1.29 is 0 Å². The number of nitrogens with zero attached hydrogens (tertiary/aromatic N) is 5. The van der Waals surface area contributed by atoms with Gasteiger partial charge in [-0.15, -0.1) is 0 Å². The van der Waals surface area contributed by atoms with E-state index in [1.165, 1.54) is 5.56 Å². The fraction of sp³-hybridized carbons (Fsp3) is 0.778. The first-order valence-electron chi connectivity index (χ1n) is 9.21. The molecule has 0 amide bonds. The highest BCUT2D eigenvalue weighted by Crippen LogP contribution is 2.23. The van der Waals surface area contributed by atoms with Crippen molar-refractivity contribution in [3.05, 3.63) is 18.0 Å². The number of hydrazine groups is 1. The van der Waals surface area contributed by atoms with Gasteiger partial charge in [0.05, 0.1) is 0 Å². The summed E-state index contributed by atoms with van der Waals surface area (Å²) < 4.78 is 0. The molecule has 0 aromatic carbocycles. The molecule has 2 unspecified atom stereocenters. The molecule has 2 rings (SSSR count). The van der Waals surface area contributed by atoms with Gasteiger partial charge in [-0.25, -0.2) is 15.0 Å². The molecule has 0 bridgehead atoms. The van der Waals surface area contributed by atoms with Gasteiger partial charge in [-0.3, -0.25) is 5.84 Å². The first-order chi connectivity index (χ1) is 11.4. The quantitative estimate of drug-likeness (QED) is 0.771. The molecule has 6 nitrogen and oxygen atoms in total. The zero-order valence-corrected chi connectivity index (χ0v) is 15.9. The fourth-order valence-corrected chi connectivity index (χ4v) is 3.63. The van der Waals surface area contributed by atoms with Crippen molar-refractivity contribution in [3.63, 3.8) is 0 Å². The Morgan fingerprint density at radius 3 is 2.17 bits per heavy atom. The normalized spacial score (nSPS) is 22.6. The SMILES string of the molecule is CCC1CN(N)CC(CC)N1c1ncc(CN(C)CC(C)C)cn1. The smallest absolute Gasteiger partial charge is 0.225 e. The van der Waals surface area contributed by atoms with Crippen molar-refractivity contribution in [2.24, 2.45) is 11.8 Å². The number of hydrogen-bond acceptors (Lipinski definition) is 6. The van der Waals surface area contributed by atoms with Crippen LogP contribution in [-0.2, 0) is 6.54 Å². The monoisotopic (exact) mass is 334 g/mol. The van der Waals surface area contributed by atoms with Gasteiger partial charge < -0.3 is 9.80 Å². The van der Waals surface area contributed by atoms with E-state index in [2.05, 4.69) is 54.5 Å². The lowest BCUT2D eigenvalue weighted by atomic mass is 10.0. The lowest BCUT2D eigenvalue weighted by Gasteiger charge is -2.45. The molecular weight excluding hydrogens is 300 g/mol. The number of nitrogens with two attached hydrogens (primary N) is 1. The predicted octanol–water partition coefficient (Wildman–Crippen LogP) is 2.12. The number of aromatic nitrogens is 2. The molecule has 1 aromatic heterocycles. The fourth-order valence-electron chi connectivity index (χ4n) is 3.63. The van der Waals surface area contributed by atoms with Crippen LogP contribution in [0.3, 0.4) is 0 Å². The average molecular weight is 335 g/mol. The van der Waals surface area contributed by atoms with Crippen LogP contribution in [0.1, 0.15) is 46.1 Å². The van der Waals surface area contributed by atoms with Gasteiger partial charge in [0.1, 0.15) is 0 Å². The van der Waals surface area contributed by atoms with E-state index in [4.69, 9.17) is 5.84 Å². The molecule has 0 aliphatic carbocycles. The molecule has 136 valence electrons. The van der Waals surface area contributed by atoms with Gasteiger partial charge in [-0.2, -0.15) is 0 Å². The van der Waals surface area contributed by atoms with E-state index >= 15 is 0 Å². The molecule has 6 heteroatoms. The highest BCUT2D eigenvalue weighted by Gasteiger charge is 2.33. The standard InChI is InChI=1S/C18H34N6/c1-6-16-12-23(19)13-17(7-2)24(16)18-20-8-15(9-21-18)11-22(5)10-14(3)4/h8-9,14,16-17H,6-7,10-13,19H2,1-5H3. The van der Waals surface area contributed by atoms with E-state index in [0.29, 0.717) is 18.0 Å². The Balaban J connectivity index is 2.10. The summed E-state index contributed by atoms with van der Waals surface area (Å²) in [7, 11) is 2.15. The van der Waals surface area contributed by atoms with Crippen molar-refractivity contribution in [1.29, 1.82) is 0 Å². The van der Waals surface area contributed by atoms with E-state index in [-0.39, 0.29) is 0 Å². The number of rotatable bonds is 7. The third-order valence-corrected chi connectivity index (χ3v) is 4.67. The van der Waals surface area contributed by atoms with Crippen LogP contribution in [0.4, 0.5) is 5.95 Å². The molecule has 1 saturated heterocycles. The third kappa shape index (κ3) is 4.88. The Kier molecular flexibility index (Phi) is 6.95. The van der Waals surface area contributed by atoms with Crippen molar-refractivity contribution >= 4 is 5.95 Å². The summed E-state index contributed by atoms with van der Waals surface area (Å²) in [5.41, 5.74) is 1.17. The second kappa shape index (κ2) is 8.74. The highest BCUT2D eigenvalue weighted by molar-refractivity contribution is 5.35. The van der Waals surface area contributed by atoms with Gasteiger partial charge in [0.2, 0.25) is 5.95 Å². The zero-order valence-electron chi connectivity index (χ0n) is 15.9. The summed E-state index contributed by atoms with van der Waals surface area (Å²) in [4.78, 5) is 14.1. The van der Waals surface area contributed by atoms with Gasteiger partial charge in [-0.05, 0) is 25.8 Å². The number of piperazine rings is 1. The summed E-state index contributed by atoms with van der Waals surface area (Å²) in [6.45, 7) is 12.6. The maximum absolute atomic E-state index is 6.09. The van der Waals surface area contributed by atoms with Crippen LogP contribution in [0.2, 0.25) is 0 Å². The maximum Gasteiger partial charge on any atom is 0.225 e. The Morgan fingerprint density at radius 1 is 1.17 bits per heavy atom. The summed E-state index contributed by atoms with van der Waals surface area (Å²) in [5, 5.41) is 1.94. The Bertz CT molecular complexity index is 475. The van der Waals surface area contributed by atoms with Gasteiger partial charge in [-0.1, -0.05) is 27.7 Å². The molecule has 1 aliphatic heterocycles. The molecule has 1 fully saturated rings. The van der Waals surface area contributed by atoms with Crippen LogP contribution in [0.25, 0.3) is 0 Å². The Hall–Kier alpha value is -1.24. The van der Waals surface area contributed by atoms with E-state index in [9.17, 15) is 0 Å². The molecule has 0 radical (unpaired) electrons.